The van der Waals surface area contributed by atoms with E-state index in [0.717, 1.165) is 6.42 Å². The summed E-state index contributed by atoms with van der Waals surface area (Å²) in [5.74, 6) is 5.77. The first-order valence-electron chi connectivity index (χ1n) is 6.55. The standard InChI is InChI=1S/C16H21N3/c1-16(2,14-8-4-3-5-9-14)15(19-17)11-13-7-6-10-18-12-13/h3-10,12,15,19H,11,17H2,1-2H3. The highest BCUT2D eigenvalue weighted by Crippen LogP contribution is 2.28. The van der Waals surface area contributed by atoms with Gasteiger partial charge < -0.3 is 0 Å². The highest BCUT2D eigenvalue weighted by Gasteiger charge is 2.30. The zero-order chi connectivity index (χ0) is 13.7. The summed E-state index contributed by atoms with van der Waals surface area (Å²) >= 11 is 0. The lowest BCUT2D eigenvalue weighted by Gasteiger charge is -2.34. The number of hydrogen-bond acceptors (Lipinski definition) is 3. The maximum absolute atomic E-state index is 5.77. The Morgan fingerprint density at radius 3 is 2.47 bits per heavy atom. The van der Waals surface area contributed by atoms with Gasteiger partial charge in [0.2, 0.25) is 0 Å². The summed E-state index contributed by atoms with van der Waals surface area (Å²) in [6.07, 6.45) is 4.54. The molecule has 0 bridgehead atoms. The molecule has 2 rings (SSSR count). The third-order valence-corrected chi connectivity index (χ3v) is 3.75. The fourth-order valence-corrected chi connectivity index (χ4v) is 2.35. The van der Waals surface area contributed by atoms with E-state index in [0.29, 0.717) is 0 Å². The van der Waals surface area contributed by atoms with Gasteiger partial charge in [0.25, 0.3) is 0 Å². The Morgan fingerprint density at radius 1 is 1.16 bits per heavy atom. The molecule has 100 valence electrons. The Labute approximate surface area is 114 Å². The first-order valence-corrected chi connectivity index (χ1v) is 6.55. The molecule has 3 heteroatoms. The summed E-state index contributed by atoms with van der Waals surface area (Å²) < 4.78 is 0. The minimum absolute atomic E-state index is 0.0498. The molecule has 0 amide bonds. The number of pyridine rings is 1. The molecule has 0 aliphatic rings. The second kappa shape index (κ2) is 5.95. The average molecular weight is 255 g/mol. The molecule has 3 N–H and O–H groups in total. The number of hydrazine groups is 1. The minimum atomic E-state index is -0.0498. The van der Waals surface area contributed by atoms with Crippen LogP contribution in [-0.4, -0.2) is 11.0 Å². The van der Waals surface area contributed by atoms with Gasteiger partial charge in [0.1, 0.15) is 0 Å². The van der Waals surface area contributed by atoms with Gasteiger partial charge in [-0.1, -0.05) is 50.2 Å². The molecule has 0 aliphatic heterocycles. The summed E-state index contributed by atoms with van der Waals surface area (Å²) in [7, 11) is 0. The van der Waals surface area contributed by atoms with Gasteiger partial charge in [0.05, 0.1) is 0 Å². The fraction of sp³-hybridized carbons (Fsp3) is 0.312. The van der Waals surface area contributed by atoms with Gasteiger partial charge in [0.15, 0.2) is 0 Å². The first kappa shape index (κ1) is 13.7. The lowest BCUT2D eigenvalue weighted by Crippen LogP contribution is -2.49. The molecule has 3 nitrogen and oxygen atoms in total. The van der Waals surface area contributed by atoms with E-state index in [-0.39, 0.29) is 11.5 Å². The van der Waals surface area contributed by atoms with Crippen LogP contribution in [0, 0.1) is 0 Å². The largest absolute Gasteiger partial charge is 0.271 e. The van der Waals surface area contributed by atoms with E-state index in [2.05, 4.69) is 54.6 Å². The predicted octanol–water partition coefficient (Wildman–Crippen LogP) is 2.43. The van der Waals surface area contributed by atoms with E-state index >= 15 is 0 Å². The topological polar surface area (TPSA) is 50.9 Å². The molecular formula is C16H21N3. The normalized spacial score (nSPS) is 13.2. The van der Waals surface area contributed by atoms with Crippen molar-refractivity contribution in [2.45, 2.75) is 31.7 Å². The van der Waals surface area contributed by atoms with Crippen molar-refractivity contribution in [3.63, 3.8) is 0 Å². The van der Waals surface area contributed by atoms with Gasteiger partial charge in [-0.15, -0.1) is 0 Å². The van der Waals surface area contributed by atoms with Crippen molar-refractivity contribution in [1.29, 1.82) is 0 Å². The van der Waals surface area contributed by atoms with Crippen LogP contribution in [-0.2, 0) is 11.8 Å². The van der Waals surface area contributed by atoms with Crippen LogP contribution in [0.4, 0.5) is 0 Å². The molecule has 0 radical (unpaired) electrons. The summed E-state index contributed by atoms with van der Waals surface area (Å²) in [5, 5.41) is 0. The summed E-state index contributed by atoms with van der Waals surface area (Å²) in [5.41, 5.74) is 5.38. The van der Waals surface area contributed by atoms with Crippen molar-refractivity contribution in [1.82, 2.24) is 10.4 Å². The van der Waals surface area contributed by atoms with Gasteiger partial charge in [0, 0.05) is 23.9 Å². The summed E-state index contributed by atoms with van der Waals surface area (Å²) in [4.78, 5) is 4.16. The number of nitrogens with two attached hydrogens (primary N) is 1. The molecule has 0 fully saturated rings. The monoisotopic (exact) mass is 255 g/mol. The van der Waals surface area contributed by atoms with Gasteiger partial charge in [-0.25, -0.2) is 0 Å². The molecule has 1 unspecified atom stereocenters. The van der Waals surface area contributed by atoms with Crippen molar-refractivity contribution in [3.05, 3.63) is 66.0 Å². The molecule has 0 aliphatic carbocycles. The van der Waals surface area contributed by atoms with Gasteiger partial charge in [-0.05, 0) is 23.6 Å². The van der Waals surface area contributed by atoms with Crippen LogP contribution < -0.4 is 11.3 Å². The number of hydrogen-bond donors (Lipinski definition) is 2. The maximum atomic E-state index is 5.77. The SMILES string of the molecule is CC(C)(c1ccccc1)C(Cc1cccnc1)NN. The van der Waals surface area contributed by atoms with Crippen molar-refractivity contribution in [2.24, 2.45) is 5.84 Å². The van der Waals surface area contributed by atoms with Crippen molar-refractivity contribution in [2.75, 3.05) is 0 Å². The van der Waals surface area contributed by atoms with Crippen LogP contribution in [0.15, 0.2) is 54.9 Å². The molecule has 19 heavy (non-hydrogen) atoms. The molecule has 2 aromatic rings. The van der Waals surface area contributed by atoms with E-state index in [4.69, 9.17) is 5.84 Å². The van der Waals surface area contributed by atoms with Crippen LogP contribution in [0.5, 0.6) is 0 Å². The Balaban J connectivity index is 2.21. The van der Waals surface area contributed by atoms with Crippen LogP contribution in [0.1, 0.15) is 25.0 Å². The van der Waals surface area contributed by atoms with Crippen LogP contribution in [0.25, 0.3) is 0 Å². The van der Waals surface area contributed by atoms with E-state index in [1.807, 2.05) is 18.3 Å². The van der Waals surface area contributed by atoms with Crippen molar-refractivity contribution in [3.8, 4) is 0 Å². The predicted molar refractivity (Wildman–Crippen MR) is 78.5 cm³/mol. The van der Waals surface area contributed by atoms with Crippen LogP contribution >= 0.6 is 0 Å². The maximum Gasteiger partial charge on any atom is 0.0342 e. The Kier molecular flexibility index (Phi) is 4.30. The number of rotatable bonds is 5. The second-order valence-electron chi connectivity index (χ2n) is 5.37. The van der Waals surface area contributed by atoms with Crippen molar-refractivity contribution >= 4 is 0 Å². The molecule has 1 aromatic carbocycles. The second-order valence-corrected chi connectivity index (χ2v) is 5.37. The first-order chi connectivity index (χ1) is 9.14. The highest BCUT2D eigenvalue weighted by molar-refractivity contribution is 5.27. The molecule has 0 saturated heterocycles. The Bertz CT molecular complexity index is 494. The summed E-state index contributed by atoms with van der Waals surface area (Å²) in [6.45, 7) is 4.42. The molecule has 1 atom stereocenters. The average Bonchev–Trinajstić information content (AvgIpc) is 2.46. The van der Waals surface area contributed by atoms with E-state index in [1.54, 1.807) is 6.20 Å². The van der Waals surface area contributed by atoms with Gasteiger partial charge in [-0.3, -0.25) is 16.3 Å². The lowest BCUT2D eigenvalue weighted by molar-refractivity contribution is 0.341. The quantitative estimate of drug-likeness (QED) is 0.637. The van der Waals surface area contributed by atoms with Crippen molar-refractivity contribution < 1.29 is 0 Å². The molecule has 0 saturated carbocycles. The third-order valence-electron chi connectivity index (χ3n) is 3.75. The molecular weight excluding hydrogens is 234 g/mol. The molecule has 1 aromatic heterocycles. The Morgan fingerprint density at radius 2 is 1.89 bits per heavy atom. The highest BCUT2D eigenvalue weighted by atomic mass is 15.2. The zero-order valence-electron chi connectivity index (χ0n) is 11.5. The molecule has 1 heterocycles. The van der Waals surface area contributed by atoms with Gasteiger partial charge >= 0.3 is 0 Å². The number of nitrogens with one attached hydrogen (secondary N) is 1. The van der Waals surface area contributed by atoms with Crippen LogP contribution in [0.3, 0.4) is 0 Å². The van der Waals surface area contributed by atoms with Gasteiger partial charge in [-0.2, -0.15) is 0 Å². The number of benzene rings is 1. The van der Waals surface area contributed by atoms with E-state index in [1.165, 1.54) is 11.1 Å². The number of nitrogens with zero attached hydrogens (tertiary/aromatic N) is 1. The van der Waals surface area contributed by atoms with Crippen LogP contribution in [0.2, 0.25) is 0 Å². The van der Waals surface area contributed by atoms with E-state index in [9.17, 15) is 0 Å². The van der Waals surface area contributed by atoms with E-state index < -0.39 is 0 Å². The smallest absolute Gasteiger partial charge is 0.0342 e. The minimum Gasteiger partial charge on any atom is -0.271 e. The third kappa shape index (κ3) is 3.19. The zero-order valence-corrected chi connectivity index (χ0v) is 11.5. The number of aromatic nitrogens is 1. The summed E-state index contributed by atoms with van der Waals surface area (Å²) in [6, 6.07) is 14.6. The molecule has 0 spiro atoms. The fourth-order valence-electron chi connectivity index (χ4n) is 2.35. The lowest BCUT2D eigenvalue weighted by atomic mass is 9.76. The Hall–Kier alpha value is -1.71.